The summed E-state index contributed by atoms with van der Waals surface area (Å²) >= 11 is 2.98. The highest BCUT2D eigenvalue weighted by Gasteiger charge is 2.16. The summed E-state index contributed by atoms with van der Waals surface area (Å²) in [6.45, 7) is 3.65. The number of thioether (sulfide) groups is 1. The summed E-state index contributed by atoms with van der Waals surface area (Å²) in [6.07, 6.45) is 1.93. The summed E-state index contributed by atoms with van der Waals surface area (Å²) in [6, 6.07) is -0.248. The Morgan fingerprint density at radius 2 is 2.33 bits per heavy atom. The second-order valence-corrected chi connectivity index (χ2v) is 5.59. The molecule has 0 aliphatic heterocycles. The van der Waals surface area contributed by atoms with E-state index in [0.717, 1.165) is 10.2 Å². The number of aromatic nitrogens is 4. The van der Waals surface area contributed by atoms with E-state index >= 15 is 0 Å². The molecule has 0 aliphatic carbocycles. The number of hydrogen-bond acceptors (Lipinski definition) is 6. The number of thiazole rings is 1. The van der Waals surface area contributed by atoms with Crippen LogP contribution < -0.4 is 5.32 Å². The molecule has 8 heteroatoms. The van der Waals surface area contributed by atoms with Gasteiger partial charge in [-0.1, -0.05) is 11.8 Å². The number of carbonyl (C=O) groups is 1. The lowest BCUT2D eigenvalue weighted by Gasteiger charge is -2.08. The van der Waals surface area contributed by atoms with Gasteiger partial charge in [0.25, 0.3) is 5.91 Å². The van der Waals surface area contributed by atoms with Crippen molar-refractivity contribution < 1.29 is 4.79 Å². The van der Waals surface area contributed by atoms with E-state index in [1.54, 1.807) is 5.38 Å². The van der Waals surface area contributed by atoms with Crippen molar-refractivity contribution in [3.8, 4) is 0 Å². The molecule has 0 aromatic carbocycles. The number of nitrogens with one attached hydrogen (secondary N) is 2. The predicted molar refractivity (Wildman–Crippen MR) is 70.9 cm³/mol. The van der Waals surface area contributed by atoms with E-state index in [0.29, 0.717) is 11.5 Å². The maximum absolute atomic E-state index is 11.9. The lowest BCUT2D eigenvalue weighted by atomic mass is 10.3. The van der Waals surface area contributed by atoms with Gasteiger partial charge in [0.15, 0.2) is 5.82 Å². The smallest absolute Gasteiger partial charge is 0.271 e. The lowest BCUT2D eigenvalue weighted by Crippen LogP contribution is -2.27. The maximum Gasteiger partial charge on any atom is 0.271 e. The number of H-pyrrole nitrogens is 1. The summed E-state index contributed by atoms with van der Waals surface area (Å²) in [5.41, 5.74) is 0.434. The highest BCUT2D eigenvalue weighted by molar-refractivity contribution is 8.00. The molecule has 2 aromatic heterocycles. The van der Waals surface area contributed by atoms with Gasteiger partial charge in [-0.25, -0.2) is 9.97 Å². The minimum absolute atomic E-state index is 0.207. The van der Waals surface area contributed by atoms with Gasteiger partial charge in [0.2, 0.25) is 0 Å². The quantitative estimate of drug-likeness (QED) is 0.836. The molecule has 0 spiro atoms. The Morgan fingerprint density at radius 3 is 2.89 bits per heavy atom. The molecule has 6 nitrogen and oxygen atoms in total. The van der Waals surface area contributed by atoms with Crippen molar-refractivity contribution in [2.45, 2.75) is 24.2 Å². The van der Waals surface area contributed by atoms with Crippen LogP contribution in [0.3, 0.4) is 0 Å². The van der Waals surface area contributed by atoms with Crippen molar-refractivity contribution in [2.24, 2.45) is 0 Å². The molecule has 1 atom stereocenters. The van der Waals surface area contributed by atoms with Crippen molar-refractivity contribution in [3.63, 3.8) is 0 Å². The van der Waals surface area contributed by atoms with Gasteiger partial charge in [-0.3, -0.25) is 9.89 Å². The van der Waals surface area contributed by atoms with Gasteiger partial charge in [-0.15, -0.1) is 11.3 Å². The third-order valence-electron chi connectivity index (χ3n) is 2.24. The van der Waals surface area contributed by atoms with E-state index in [-0.39, 0.29) is 11.9 Å². The molecule has 0 aliphatic rings. The minimum Gasteiger partial charge on any atom is -0.341 e. The van der Waals surface area contributed by atoms with Crippen LogP contribution in [0.15, 0.2) is 9.72 Å². The van der Waals surface area contributed by atoms with Crippen LogP contribution in [0.1, 0.15) is 35.1 Å². The molecule has 0 radical (unpaired) electrons. The first kappa shape index (κ1) is 13.0. The fraction of sp³-hybridized carbons (Fsp3) is 0.400. The Morgan fingerprint density at radius 1 is 1.56 bits per heavy atom. The summed E-state index contributed by atoms with van der Waals surface area (Å²) in [5.74, 6) is 1.09. The van der Waals surface area contributed by atoms with Crippen LogP contribution in [0.25, 0.3) is 0 Å². The van der Waals surface area contributed by atoms with Crippen LogP contribution in [0.5, 0.6) is 0 Å². The van der Waals surface area contributed by atoms with Crippen LogP contribution >= 0.6 is 23.1 Å². The predicted octanol–water partition coefficient (Wildman–Crippen LogP) is 1.78. The van der Waals surface area contributed by atoms with Crippen LogP contribution in [0.4, 0.5) is 0 Å². The number of amides is 1. The Labute approximate surface area is 113 Å². The lowest BCUT2D eigenvalue weighted by molar-refractivity contribution is 0.0933. The average molecular weight is 283 g/mol. The van der Waals surface area contributed by atoms with E-state index in [1.165, 1.54) is 23.1 Å². The third-order valence-corrected chi connectivity index (χ3v) is 4.10. The van der Waals surface area contributed by atoms with Crippen molar-refractivity contribution in [1.82, 2.24) is 25.5 Å². The van der Waals surface area contributed by atoms with Gasteiger partial charge < -0.3 is 5.32 Å². The Kier molecular flexibility index (Phi) is 3.97. The zero-order valence-electron chi connectivity index (χ0n) is 10.2. The summed E-state index contributed by atoms with van der Waals surface area (Å²) < 4.78 is 0.876. The number of hydrogen-bond donors (Lipinski definition) is 2. The molecule has 2 rings (SSSR count). The highest BCUT2D eigenvalue weighted by Crippen LogP contribution is 2.20. The monoisotopic (exact) mass is 283 g/mol. The van der Waals surface area contributed by atoms with E-state index in [9.17, 15) is 4.79 Å². The summed E-state index contributed by atoms with van der Waals surface area (Å²) in [4.78, 5) is 20.3. The van der Waals surface area contributed by atoms with Crippen molar-refractivity contribution >= 4 is 29.0 Å². The number of rotatable bonds is 4. The van der Waals surface area contributed by atoms with Crippen LogP contribution in [0, 0.1) is 6.92 Å². The van der Waals surface area contributed by atoms with E-state index in [1.807, 2.05) is 20.1 Å². The molecule has 18 heavy (non-hydrogen) atoms. The van der Waals surface area contributed by atoms with E-state index in [4.69, 9.17) is 0 Å². The Balaban J connectivity index is 2.02. The van der Waals surface area contributed by atoms with Crippen molar-refractivity contribution in [1.29, 1.82) is 0 Å². The number of aryl methyl sites for hydroxylation is 1. The van der Waals surface area contributed by atoms with Gasteiger partial charge in [0.05, 0.1) is 6.04 Å². The van der Waals surface area contributed by atoms with E-state index in [2.05, 4.69) is 25.5 Å². The molecule has 0 bridgehead atoms. The average Bonchev–Trinajstić information content (AvgIpc) is 2.97. The van der Waals surface area contributed by atoms with Gasteiger partial charge >= 0.3 is 0 Å². The first-order valence-electron chi connectivity index (χ1n) is 5.29. The molecular formula is C10H13N5OS2. The molecule has 96 valence electrons. The molecule has 2 aromatic rings. The summed E-state index contributed by atoms with van der Waals surface area (Å²) in [7, 11) is 0. The topological polar surface area (TPSA) is 83.6 Å². The molecule has 0 saturated heterocycles. The molecule has 1 unspecified atom stereocenters. The van der Waals surface area contributed by atoms with Crippen molar-refractivity contribution in [3.05, 3.63) is 22.7 Å². The zero-order valence-corrected chi connectivity index (χ0v) is 11.9. The largest absolute Gasteiger partial charge is 0.341 e. The number of aromatic amines is 1. The second-order valence-electron chi connectivity index (χ2n) is 3.68. The fourth-order valence-corrected chi connectivity index (χ4v) is 2.59. The fourth-order valence-electron chi connectivity index (χ4n) is 1.34. The normalized spacial score (nSPS) is 12.4. The Hall–Kier alpha value is -1.41. The number of nitrogens with zero attached hydrogens (tertiary/aromatic N) is 3. The Bertz CT molecular complexity index is 550. The van der Waals surface area contributed by atoms with Gasteiger partial charge in [0, 0.05) is 5.38 Å². The minimum atomic E-state index is -0.248. The standard InChI is InChI=1S/C10H13N5OS2/c1-5(8-12-6(2)14-15-8)11-9(16)7-4-18-10(13-7)17-3/h4-5H,1-3H3,(H,11,16)(H,12,14,15). The van der Waals surface area contributed by atoms with Crippen LogP contribution in [0.2, 0.25) is 0 Å². The van der Waals surface area contributed by atoms with E-state index < -0.39 is 0 Å². The van der Waals surface area contributed by atoms with Crippen LogP contribution in [-0.4, -0.2) is 32.3 Å². The van der Waals surface area contributed by atoms with Crippen molar-refractivity contribution in [2.75, 3.05) is 6.26 Å². The highest BCUT2D eigenvalue weighted by atomic mass is 32.2. The molecule has 1 amide bonds. The van der Waals surface area contributed by atoms with Gasteiger partial charge in [-0.2, -0.15) is 5.10 Å². The molecular weight excluding hydrogens is 270 g/mol. The summed E-state index contributed by atoms with van der Waals surface area (Å²) in [5, 5.41) is 11.3. The van der Waals surface area contributed by atoms with Crippen LogP contribution in [-0.2, 0) is 0 Å². The molecule has 2 heterocycles. The first-order chi connectivity index (χ1) is 8.60. The zero-order chi connectivity index (χ0) is 13.1. The molecule has 0 saturated carbocycles. The molecule has 2 N–H and O–H groups in total. The third kappa shape index (κ3) is 2.88. The SMILES string of the molecule is CSc1nc(C(=O)NC(C)c2n[nH]c(C)n2)cs1. The van der Waals surface area contributed by atoms with Gasteiger partial charge in [0.1, 0.15) is 15.9 Å². The maximum atomic E-state index is 11.9. The first-order valence-corrected chi connectivity index (χ1v) is 7.40. The van der Waals surface area contributed by atoms with Gasteiger partial charge in [-0.05, 0) is 20.1 Å². The molecule has 0 fully saturated rings. The second kappa shape index (κ2) is 5.49. The number of carbonyl (C=O) groups excluding carboxylic acids is 1.